The molecule has 0 aromatic heterocycles. The summed E-state index contributed by atoms with van der Waals surface area (Å²) in [7, 11) is 0. The Morgan fingerprint density at radius 2 is 2.23 bits per heavy atom. The molecule has 0 saturated carbocycles. The lowest BCUT2D eigenvalue weighted by atomic mass is 10.3. The maximum Gasteiger partial charge on any atom is 0.126 e. The first kappa shape index (κ1) is 8.78. The molecule has 1 heterocycles. The van der Waals surface area contributed by atoms with Gasteiger partial charge in [0.25, 0.3) is 0 Å². The molecule has 13 heavy (non-hydrogen) atoms. The second-order valence-corrected chi connectivity index (χ2v) is 3.35. The summed E-state index contributed by atoms with van der Waals surface area (Å²) in [5.74, 6) is -0.335. The van der Waals surface area contributed by atoms with Gasteiger partial charge in [-0.15, -0.1) is 0 Å². The lowest BCUT2D eigenvalue weighted by molar-refractivity contribution is 0.168. The van der Waals surface area contributed by atoms with E-state index in [-0.39, 0.29) is 5.82 Å². The molecule has 0 unspecified atom stereocenters. The molecule has 0 radical (unpaired) electrons. The minimum Gasteiger partial charge on any atom is -0.273 e. The number of nitrogens with zero attached hydrogens (tertiary/aromatic N) is 1. The Labute approximate surface area is 80.8 Å². The van der Waals surface area contributed by atoms with Crippen molar-refractivity contribution in [3.8, 4) is 0 Å². The van der Waals surface area contributed by atoms with Gasteiger partial charge in [0.05, 0.1) is 12.3 Å². The smallest absolute Gasteiger partial charge is 0.126 e. The van der Waals surface area contributed by atoms with E-state index < -0.39 is 0 Å². The zero-order chi connectivity index (χ0) is 9.26. The molecule has 0 atom stereocenters. The van der Waals surface area contributed by atoms with E-state index in [9.17, 15) is 4.39 Å². The predicted molar refractivity (Wildman–Crippen MR) is 49.3 cm³/mol. The molecule has 70 valence electrons. The van der Waals surface area contributed by atoms with Gasteiger partial charge in [0.1, 0.15) is 5.82 Å². The van der Waals surface area contributed by atoms with E-state index in [0.29, 0.717) is 17.3 Å². The Kier molecular flexibility index (Phi) is 2.38. The van der Waals surface area contributed by atoms with Gasteiger partial charge in [0, 0.05) is 11.6 Å². The van der Waals surface area contributed by atoms with Gasteiger partial charge >= 0.3 is 0 Å². The molecule has 2 nitrogen and oxygen atoms in total. The molecule has 0 spiro atoms. The van der Waals surface area contributed by atoms with Crippen LogP contribution in [0.2, 0.25) is 5.02 Å². The third-order valence-electron chi connectivity index (χ3n) is 1.89. The lowest BCUT2D eigenvalue weighted by Gasteiger charge is -2.15. The van der Waals surface area contributed by atoms with Gasteiger partial charge in [-0.2, -0.15) is 0 Å². The first-order valence-corrected chi connectivity index (χ1v) is 4.50. The Bertz CT molecular complexity index is 292. The summed E-state index contributed by atoms with van der Waals surface area (Å²) in [5.41, 5.74) is 0.683. The Hall–Kier alpha value is -0.800. The van der Waals surface area contributed by atoms with Crippen LogP contribution in [0.1, 0.15) is 6.42 Å². The van der Waals surface area contributed by atoms with E-state index in [1.165, 1.54) is 12.1 Å². The summed E-state index contributed by atoms with van der Waals surface area (Å²) in [6.07, 6.45) is 0.966. The Morgan fingerprint density at radius 3 is 2.85 bits per heavy atom. The molecule has 1 aromatic rings. The SMILES string of the molecule is Fc1cc(Cl)cc(N2CCCO2)c1. The van der Waals surface area contributed by atoms with Crippen LogP contribution in [0.15, 0.2) is 18.2 Å². The van der Waals surface area contributed by atoms with Crippen molar-refractivity contribution in [3.63, 3.8) is 0 Å². The average Bonchev–Trinajstić information content (AvgIpc) is 2.53. The van der Waals surface area contributed by atoms with Crippen molar-refractivity contribution >= 4 is 17.3 Å². The van der Waals surface area contributed by atoms with Crippen LogP contribution in [0.4, 0.5) is 10.1 Å². The summed E-state index contributed by atoms with van der Waals surface area (Å²) >= 11 is 5.71. The maximum absolute atomic E-state index is 12.9. The highest BCUT2D eigenvalue weighted by atomic mass is 35.5. The first-order valence-electron chi connectivity index (χ1n) is 4.12. The van der Waals surface area contributed by atoms with Gasteiger partial charge in [0.15, 0.2) is 0 Å². The average molecular weight is 202 g/mol. The van der Waals surface area contributed by atoms with Crippen LogP contribution in [-0.4, -0.2) is 13.2 Å². The number of rotatable bonds is 1. The minimum absolute atomic E-state index is 0.335. The van der Waals surface area contributed by atoms with E-state index in [2.05, 4.69) is 0 Å². The normalized spacial score (nSPS) is 16.6. The van der Waals surface area contributed by atoms with E-state index in [4.69, 9.17) is 16.4 Å². The molecule has 0 aliphatic carbocycles. The van der Waals surface area contributed by atoms with Crippen LogP contribution in [0.3, 0.4) is 0 Å². The maximum atomic E-state index is 12.9. The molecule has 1 aromatic carbocycles. The standard InChI is InChI=1S/C9H9ClFNO/c10-7-4-8(11)6-9(5-7)12-2-1-3-13-12/h4-6H,1-3H2. The van der Waals surface area contributed by atoms with Crippen LogP contribution in [0.5, 0.6) is 0 Å². The molecule has 2 rings (SSSR count). The zero-order valence-electron chi connectivity index (χ0n) is 6.96. The van der Waals surface area contributed by atoms with Crippen molar-refractivity contribution < 1.29 is 9.23 Å². The molecule has 0 N–H and O–H groups in total. The number of hydroxylamine groups is 1. The highest BCUT2D eigenvalue weighted by Crippen LogP contribution is 2.24. The van der Waals surface area contributed by atoms with E-state index in [0.717, 1.165) is 13.0 Å². The summed E-state index contributed by atoms with van der Waals surface area (Å²) < 4.78 is 12.9. The summed E-state index contributed by atoms with van der Waals surface area (Å²) in [4.78, 5) is 5.26. The van der Waals surface area contributed by atoms with Gasteiger partial charge in [-0.25, -0.2) is 4.39 Å². The molecule has 4 heteroatoms. The fourth-order valence-electron chi connectivity index (χ4n) is 1.33. The minimum atomic E-state index is -0.335. The second kappa shape index (κ2) is 3.52. The lowest BCUT2D eigenvalue weighted by Crippen LogP contribution is -2.15. The topological polar surface area (TPSA) is 12.5 Å². The molecular formula is C9H9ClFNO. The van der Waals surface area contributed by atoms with Crippen molar-refractivity contribution in [2.45, 2.75) is 6.42 Å². The molecule has 1 fully saturated rings. The largest absolute Gasteiger partial charge is 0.273 e. The molecule has 0 bridgehead atoms. The van der Waals surface area contributed by atoms with E-state index >= 15 is 0 Å². The van der Waals surface area contributed by atoms with Gasteiger partial charge in [-0.3, -0.25) is 9.90 Å². The number of benzene rings is 1. The first-order chi connectivity index (χ1) is 6.25. The van der Waals surface area contributed by atoms with Crippen LogP contribution >= 0.6 is 11.6 Å². The van der Waals surface area contributed by atoms with Crippen molar-refractivity contribution in [2.75, 3.05) is 18.2 Å². The summed E-state index contributed by atoms with van der Waals surface area (Å²) in [6, 6.07) is 4.38. The van der Waals surface area contributed by atoms with E-state index in [1.54, 1.807) is 11.1 Å². The number of hydrogen-bond acceptors (Lipinski definition) is 2. The quantitative estimate of drug-likeness (QED) is 0.693. The molecule has 1 aliphatic heterocycles. The van der Waals surface area contributed by atoms with Crippen LogP contribution in [-0.2, 0) is 4.84 Å². The summed E-state index contributed by atoms with van der Waals surface area (Å²) in [6.45, 7) is 1.48. The molecule has 1 saturated heterocycles. The van der Waals surface area contributed by atoms with Crippen molar-refractivity contribution in [1.29, 1.82) is 0 Å². The molecule has 1 aliphatic rings. The fraction of sp³-hybridized carbons (Fsp3) is 0.333. The highest BCUT2D eigenvalue weighted by Gasteiger charge is 2.14. The zero-order valence-corrected chi connectivity index (χ0v) is 7.72. The monoisotopic (exact) mass is 201 g/mol. The van der Waals surface area contributed by atoms with E-state index in [1.807, 2.05) is 0 Å². The van der Waals surface area contributed by atoms with Crippen LogP contribution in [0.25, 0.3) is 0 Å². The third kappa shape index (κ3) is 1.92. The number of halogens is 2. The third-order valence-corrected chi connectivity index (χ3v) is 2.11. The van der Waals surface area contributed by atoms with Crippen molar-refractivity contribution in [1.82, 2.24) is 0 Å². The fourth-order valence-corrected chi connectivity index (χ4v) is 1.55. The highest BCUT2D eigenvalue weighted by molar-refractivity contribution is 6.30. The number of hydrogen-bond donors (Lipinski definition) is 0. The van der Waals surface area contributed by atoms with Gasteiger partial charge in [0.2, 0.25) is 0 Å². The number of anilines is 1. The van der Waals surface area contributed by atoms with Crippen molar-refractivity contribution in [3.05, 3.63) is 29.0 Å². The molecular weight excluding hydrogens is 193 g/mol. The van der Waals surface area contributed by atoms with Gasteiger partial charge < -0.3 is 0 Å². The molecule has 0 amide bonds. The van der Waals surface area contributed by atoms with Crippen molar-refractivity contribution in [2.24, 2.45) is 0 Å². The van der Waals surface area contributed by atoms with Gasteiger partial charge in [-0.1, -0.05) is 11.6 Å². The summed E-state index contributed by atoms with van der Waals surface area (Å²) in [5, 5.41) is 2.06. The predicted octanol–water partition coefficient (Wildman–Crippen LogP) is 2.62. The second-order valence-electron chi connectivity index (χ2n) is 2.92. The van der Waals surface area contributed by atoms with Crippen LogP contribution in [0, 0.1) is 5.82 Å². The van der Waals surface area contributed by atoms with Gasteiger partial charge in [-0.05, 0) is 24.6 Å². The Morgan fingerprint density at radius 1 is 1.38 bits per heavy atom. The Balaban J connectivity index is 2.28. The van der Waals surface area contributed by atoms with Crippen LogP contribution < -0.4 is 5.06 Å².